The number of benzene rings is 1. The first-order valence-electron chi connectivity index (χ1n) is 13.9. The van der Waals surface area contributed by atoms with E-state index in [0.29, 0.717) is 5.69 Å². The minimum atomic E-state index is -4.07. The molecule has 1 N–H and O–H groups in total. The predicted molar refractivity (Wildman–Crippen MR) is 160 cm³/mol. The molecule has 0 bridgehead atoms. The average Bonchev–Trinajstić information content (AvgIpc) is 3.46. The lowest BCUT2D eigenvalue weighted by Crippen LogP contribution is -2.40. The van der Waals surface area contributed by atoms with Gasteiger partial charge in [0.25, 0.3) is 10.0 Å². The van der Waals surface area contributed by atoms with E-state index in [0.717, 1.165) is 29.7 Å². The number of furan rings is 1. The lowest BCUT2D eigenvalue weighted by molar-refractivity contribution is -0.135. The highest BCUT2D eigenvalue weighted by molar-refractivity contribution is 7.88. The van der Waals surface area contributed by atoms with E-state index in [9.17, 15) is 23.1 Å². The lowest BCUT2D eigenvalue weighted by Gasteiger charge is -2.27. The zero-order valence-corrected chi connectivity index (χ0v) is 26.0. The second kappa shape index (κ2) is 13.5. The third-order valence-electron chi connectivity index (χ3n) is 6.65. The van der Waals surface area contributed by atoms with Crippen LogP contribution in [0.1, 0.15) is 77.6 Å². The normalized spacial score (nSPS) is 12.4. The smallest absolute Gasteiger partial charge is 0.416 e. The number of carbonyl (C=O) groups excluding carboxylic acids is 1. The molecule has 0 saturated heterocycles. The van der Waals surface area contributed by atoms with Crippen molar-refractivity contribution in [2.75, 3.05) is 11.4 Å². The van der Waals surface area contributed by atoms with Crippen molar-refractivity contribution in [3.63, 3.8) is 0 Å². The fourth-order valence-corrected chi connectivity index (χ4v) is 5.67. The second-order valence-electron chi connectivity index (χ2n) is 11.8. The first kappa shape index (κ1) is 32.8. The van der Waals surface area contributed by atoms with E-state index < -0.39 is 34.2 Å². The van der Waals surface area contributed by atoms with Crippen LogP contribution < -0.4 is 4.90 Å². The van der Waals surface area contributed by atoms with Crippen LogP contribution in [0.15, 0.2) is 70.4 Å². The molecule has 3 aromatic rings. The Hall–Kier alpha value is -3.70. The van der Waals surface area contributed by atoms with Crippen molar-refractivity contribution in [1.29, 1.82) is 0 Å². The van der Waals surface area contributed by atoms with Crippen LogP contribution in [-0.4, -0.2) is 47.0 Å². The average molecular weight is 600 g/mol. The summed E-state index contributed by atoms with van der Waals surface area (Å²) < 4.78 is 39.1. The van der Waals surface area contributed by atoms with Crippen LogP contribution in [-0.2, 0) is 38.1 Å². The number of carboxylic acid groups (broad SMARTS) is 1. The number of hydrogen-bond acceptors (Lipinski definition) is 7. The van der Waals surface area contributed by atoms with Gasteiger partial charge in [-0.05, 0) is 68.0 Å². The van der Waals surface area contributed by atoms with Gasteiger partial charge in [0.2, 0.25) is 5.09 Å². The van der Waals surface area contributed by atoms with Crippen molar-refractivity contribution in [3.05, 3.63) is 77.7 Å². The van der Waals surface area contributed by atoms with Crippen LogP contribution in [0.25, 0.3) is 0 Å². The van der Waals surface area contributed by atoms with Crippen LogP contribution in [0, 0.1) is 0 Å². The van der Waals surface area contributed by atoms with Gasteiger partial charge in [-0.1, -0.05) is 63.9 Å². The first-order valence-corrected chi connectivity index (χ1v) is 15.4. The predicted octanol–water partition coefficient (Wildman–Crippen LogP) is 6.36. The Bertz CT molecular complexity index is 1440. The molecule has 0 unspecified atom stereocenters. The molecule has 2 heterocycles. The number of rotatable bonds is 13. The van der Waals surface area contributed by atoms with Gasteiger partial charge < -0.3 is 14.3 Å². The Labute approximate surface area is 248 Å². The van der Waals surface area contributed by atoms with Crippen LogP contribution >= 0.6 is 0 Å². The minimum absolute atomic E-state index is 0.00516. The number of hydrogen-bond donors (Lipinski definition) is 1. The summed E-state index contributed by atoms with van der Waals surface area (Å²) in [5.74, 6) is -1.23. The van der Waals surface area contributed by atoms with E-state index in [-0.39, 0.29) is 29.4 Å². The van der Waals surface area contributed by atoms with Crippen LogP contribution in [0.4, 0.5) is 10.6 Å². The molecule has 0 aliphatic rings. The molecular formula is C31H41N3O7S. The summed E-state index contributed by atoms with van der Waals surface area (Å²) in [6, 6.07) is 15.5. The van der Waals surface area contributed by atoms with Crippen LogP contribution in [0.2, 0.25) is 0 Å². The quantitative estimate of drug-likeness (QED) is 0.240. The van der Waals surface area contributed by atoms with Crippen molar-refractivity contribution < 1.29 is 32.3 Å². The number of aliphatic carboxylic acids is 1. The van der Waals surface area contributed by atoms with Gasteiger partial charge in [-0.2, -0.15) is 4.31 Å². The largest absolute Gasteiger partial charge is 0.480 e. The lowest BCUT2D eigenvalue weighted by atomic mass is 9.80. The van der Waals surface area contributed by atoms with Gasteiger partial charge in [0.1, 0.15) is 18.0 Å². The zero-order valence-electron chi connectivity index (χ0n) is 25.2. The Morgan fingerprint density at radius 3 is 2.24 bits per heavy atom. The van der Waals surface area contributed by atoms with E-state index in [2.05, 4.69) is 25.8 Å². The molecule has 1 aromatic carbocycles. The summed E-state index contributed by atoms with van der Waals surface area (Å²) in [5, 5.41) is 9.21. The number of amides is 1. The number of nitrogens with zero attached hydrogens (tertiary/aromatic N) is 3. The molecule has 0 fully saturated rings. The van der Waals surface area contributed by atoms with E-state index >= 15 is 0 Å². The number of carbonyl (C=O) groups is 2. The molecule has 3 rings (SSSR count). The Morgan fingerprint density at radius 1 is 0.976 bits per heavy atom. The van der Waals surface area contributed by atoms with Crippen LogP contribution in [0.5, 0.6) is 0 Å². The highest BCUT2D eigenvalue weighted by Gasteiger charge is 2.30. The van der Waals surface area contributed by atoms with Gasteiger partial charge in [-0.15, -0.1) is 0 Å². The highest BCUT2D eigenvalue weighted by Crippen LogP contribution is 2.30. The van der Waals surface area contributed by atoms with Gasteiger partial charge in [-0.25, -0.2) is 18.2 Å². The molecule has 0 spiro atoms. The maximum absolute atomic E-state index is 13.6. The van der Waals surface area contributed by atoms with E-state index in [4.69, 9.17) is 9.15 Å². The number of unbranched alkanes of at least 4 members (excludes halogenated alkanes) is 1. The Morgan fingerprint density at radius 2 is 1.67 bits per heavy atom. The van der Waals surface area contributed by atoms with Gasteiger partial charge in [-0.3, -0.25) is 9.69 Å². The molecule has 0 radical (unpaired) electrons. The summed E-state index contributed by atoms with van der Waals surface area (Å²) >= 11 is 0. The number of aromatic nitrogens is 1. The first-order chi connectivity index (χ1) is 19.6. The molecule has 0 saturated carbocycles. The third-order valence-corrected chi connectivity index (χ3v) is 8.33. The van der Waals surface area contributed by atoms with E-state index in [1.165, 1.54) is 34.3 Å². The number of pyridine rings is 1. The molecule has 228 valence electrons. The molecular weight excluding hydrogens is 558 g/mol. The van der Waals surface area contributed by atoms with E-state index in [1.54, 1.807) is 32.9 Å². The number of sulfonamides is 1. The standard InChI is InChI=1S/C31H41N3O7S/c1-7-8-18-31(5,6)24-16-14-23(15-17-24)20-33(42(38,39)28-13-10-19-40-28)21-25-11-9-12-26(32-25)34(22-27(35)36)29(37)41-30(2,3)4/h9-17,19H,7-8,18,20-22H2,1-6H3,(H,35,36). The molecule has 11 heteroatoms. The summed E-state index contributed by atoms with van der Waals surface area (Å²) in [6.45, 7) is 10.8. The van der Waals surface area contributed by atoms with Gasteiger partial charge >= 0.3 is 12.1 Å². The molecule has 0 atom stereocenters. The molecule has 0 aliphatic carbocycles. The van der Waals surface area contributed by atoms with Crippen LogP contribution in [0.3, 0.4) is 0 Å². The molecule has 10 nitrogen and oxygen atoms in total. The van der Waals surface area contributed by atoms with Gasteiger partial charge in [0, 0.05) is 6.54 Å². The maximum Gasteiger partial charge on any atom is 0.416 e. The third kappa shape index (κ3) is 8.90. The number of ether oxygens (including phenoxy) is 1. The zero-order chi connectivity index (χ0) is 31.1. The number of anilines is 1. The van der Waals surface area contributed by atoms with Crippen molar-refractivity contribution in [1.82, 2.24) is 9.29 Å². The van der Waals surface area contributed by atoms with Crippen molar-refractivity contribution >= 4 is 27.9 Å². The molecule has 1 amide bonds. The monoisotopic (exact) mass is 599 g/mol. The molecule has 42 heavy (non-hydrogen) atoms. The van der Waals surface area contributed by atoms with E-state index in [1.807, 2.05) is 24.3 Å². The Kier molecular flexibility index (Phi) is 10.6. The SMILES string of the molecule is CCCCC(C)(C)c1ccc(CN(Cc2cccc(N(CC(=O)O)C(=O)OC(C)(C)C)n2)S(=O)(=O)c2ccco2)cc1. The fraction of sp³-hybridized carbons (Fsp3) is 0.452. The fourth-order valence-electron chi connectivity index (χ4n) is 4.37. The summed E-state index contributed by atoms with van der Waals surface area (Å²) in [6.07, 6.45) is 3.69. The summed E-state index contributed by atoms with van der Waals surface area (Å²) in [4.78, 5) is 29.7. The summed E-state index contributed by atoms with van der Waals surface area (Å²) in [5.41, 5.74) is 1.39. The van der Waals surface area contributed by atoms with Crippen molar-refractivity contribution in [2.24, 2.45) is 0 Å². The van der Waals surface area contributed by atoms with Gasteiger partial charge in [0.15, 0.2) is 0 Å². The maximum atomic E-state index is 13.6. The Balaban J connectivity index is 1.94. The summed E-state index contributed by atoms with van der Waals surface area (Å²) in [7, 11) is -4.07. The second-order valence-corrected chi connectivity index (χ2v) is 13.7. The molecule has 2 aromatic heterocycles. The van der Waals surface area contributed by atoms with Crippen molar-refractivity contribution in [2.45, 2.75) is 90.0 Å². The number of carboxylic acids is 1. The van der Waals surface area contributed by atoms with Crippen molar-refractivity contribution in [3.8, 4) is 0 Å². The topological polar surface area (TPSA) is 130 Å². The minimum Gasteiger partial charge on any atom is -0.480 e. The highest BCUT2D eigenvalue weighted by atomic mass is 32.2. The van der Waals surface area contributed by atoms with Gasteiger partial charge in [0.05, 0.1) is 18.5 Å². The molecule has 0 aliphatic heterocycles.